The third-order valence-electron chi connectivity index (χ3n) is 3.15. The third-order valence-corrected chi connectivity index (χ3v) is 4.12. The van der Waals surface area contributed by atoms with E-state index in [1.165, 1.54) is 5.56 Å². The molecule has 0 aliphatic heterocycles. The van der Waals surface area contributed by atoms with Gasteiger partial charge in [0.2, 0.25) is 5.28 Å². The minimum atomic E-state index is 0.285. The van der Waals surface area contributed by atoms with Gasteiger partial charge in [-0.25, -0.2) is 9.97 Å². The zero-order valence-corrected chi connectivity index (χ0v) is 12.6. The monoisotopic (exact) mass is 307 g/mol. The Hall–Kier alpha value is -1.66. The molecule has 0 saturated heterocycles. The number of nitrogens with one attached hydrogen (secondary N) is 2. The van der Waals surface area contributed by atoms with E-state index < -0.39 is 0 Å². The van der Waals surface area contributed by atoms with Crippen molar-refractivity contribution in [3.8, 4) is 0 Å². The zero-order chi connectivity index (χ0) is 13.9. The Morgan fingerprint density at radius 2 is 2.30 bits per heavy atom. The predicted octanol–water partition coefficient (Wildman–Crippen LogP) is 3.42. The number of anilines is 1. The topological polar surface area (TPSA) is 66.5 Å². The van der Waals surface area contributed by atoms with E-state index >= 15 is 0 Å². The molecule has 0 fully saturated rings. The molecule has 0 amide bonds. The second-order valence-corrected chi connectivity index (χ2v) is 5.76. The maximum Gasteiger partial charge on any atom is 0.225 e. The smallest absolute Gasteiger partial charge is 0.225 e. The fraction of sp³-hybridized carbons (Fsp3) is 0.308. The average Bonchev–Trinajstić information content (AvgIpc) is 3.03. The van der Waals surface area contributed by atoms with Crippen LogP contribution < -0.4 is 5.32 Å². The van der Waals surface area contributed by atoms with Crippen LogP contribution in [-0.4, -0.2) is 26.7 Å². The highest BCUT2D eigenvalue weighted by molar-refractivity contribution is 7.16. The number of halogens is 1. The van der Waals surface area contributed by atoms with Gasteiger partial charge in [-0.05, 0) is 48.4 Å². The highest BCUT2D eigenvalue weighted by Crippen LogP contribution is 2.26. The molecule has 0 aromatic carbocycles. The summed E-state index contributed by atoms with van der Waals surface area (Å²) in [4.78, 5) is 9.37. The van der Waals surface area contributed by atoms with Crippen molar-refractivity contribution in [2.45, 2.75) is 19.8 Å². The highest BCUT2D eigenvalue weighted by Gasteiger charge is 2.07. The SMILES string of the molecule is Cc1[nH]ncc1CCCNc1nc(Cl)nc2sccc12. The highest BCUT2D eigenvalue weighted by atomic mass is 35.5. The number of fused-ring (bicyclic) bond motifs is 1. The van der Waals surface area contributed by atoms with Gasteiger partial charge in [-0.15, -0.1) is 11.3 Å². The summed E-state index contributed by atoms with van der Waals surface area (Å²) in [5.74, 6) is 0.810. The largest absolute Gasteiger partial charge is 0.369 e. The minimum Gasteiger partial charge on any atom is -0.369 e. The summed E-state index contributed by atoms with van der Waals surface area (Å²) in [5, 5.41) is 13.6. The van der Waals surface area contributed by atoms with Crippen LogP contribution in [-0.2, 0) is 6.42 Å². The predicted molar refractivity (Wildman–Crippen MR) is 82.6 cm³/mol. The summed E-state index contributed by atoms with van der Waals surface area (Å²) in [6.45, 7) is 2.87. The van der Waals surface area contributed by atoms with Crippen LogP contribution in [0.4, 0.5) is 5.82 Å². The molecule has 2 N–H and O–H groups in total. The molecule has 3 heterocycles. The van der Waals surface area contributed by atoms with Crippen molar-refractivity contribution in [1.29, 1.82) is 0 Å². The van der Waals surface area contributed by atoms with Gasteiger partial charge in [-0.1, -0.05) is 0 Å². The first-order valence-corrected chi connectivity index (χ1v) is 7.63. The fourth-order valence-electron chi connectivity index (χ4n) is 2.08. The van der Waals surface area contributed by atoms with E-state index in [0.29, 0.717) is 0 Å². The number of aromatic amines is 1. The maximum atomic E-state index is 5.93. The lowest BCUT2D eigenvalue weighted by atomic mass is 10.1. The maximum absolute atomic E-state index is 5.93. The van der Waals surface area contributed by atoms with Crippen LogP contribution in [0.3, 0.4) is 0 Å². The lowest BCUT2D eigenvalue weighted by Gasteiger charge is -2.06. The van der Waals surface area contributed by atoms with E-state index in [1.807, 2.05) is 24.6 Å². The number of H-pyrrole nitrogens is 1. The number of aromatic nitrogens is 4. The van der Waals surface area contributed by atoms with Crippen molar-refractivity contribution in [2.75, 3.05) is 11.9 Å². The molecule has 0 aliphatic carbocycles. The Balaban J connectivity index is 1.62. The van der Waals surface area contributed by atoms with Crippen molar-refractivity contribution < 1.29 is 0 Å². The van der Waals surface area contributed by atoms with E-state index in [-0.39, 0.29) is 5.28 Å². The Morgan fingerprint density at radius 1 is 1.40 bits per heavy atom. The van der Waals surface area contributed by atoms with Gasteiger partial charge in [0.15, 0.2) is 0 Å². The molecule has 0 bridgehead atoms. The van der Waals surface area contributed by atoms with Crippen molar-refractivity contribution >= 4 is 39.0 Å². The van der Waals surface area contributed by atoms with Gasteiger partial charge in [0, 0.05) is 12.2 Å². The van der Waals surface area contributed by atoms with Crippen LogP contribution >= 0.6 is 22.9 Å². The molecule has 104 valence electrons. The summed E-state index contributed by atoms with van der Waals surface area (Å²) in [6.07, 6.45) is 3.88. The quantitative estimate of drug-likeness (QED) is 0.560. The van der Waals surface area contributed by atoms with Gasteiger partial charge in [0.05, 0.1) is 11.6 Å². The summed E-state index contributed by atoms with van der Waals surface area (Å²) in [5.41, 5.74) is 2.39. The van der Waals surface area contributed by atoms with Crippen molar-refractivity contribution in [3.63, 3.8) is 0 Å². The number of hydrogen-bond acceptors (Lipinski definition) is 5. The number of nitrogens with zero attached hydrogens (tertiary/aromatic N) is 3. The first kappa shape index (κ1) is 13.3. The van der Waals surface area contributed by atoms with Gasteiger partial charge < -0.3 is 5.32 Å². The molecular formula is C13H14ClN5S. The second-order valence-electron chi connectivity index (χ2n) is 4.53. The van der Waals surface area contributed by atoms with E-state index in [4.69, 9.17) is 11.6 Å². The molecule has 3 aromatic rings. The molecule has 0 aliphatic rings. The van der Waals surface area contributed by atoms with Crippen LogP contribution in [0.1, 0.15) is 17.7 Å². The van der Waals surface area contributed by atoms with Crippen molar-refractivity contribution in [1.82, 2.24) is 20.2 Å². The molecule has 0 unspecified atom stereocenters. The standard InChI is InChI=1S/C13H14ClN5S/c1-8-9(7-16-19-8)3-2-5-15-11-10-4-6-20-12(10)18-13(14)17-11/h4,6-7H,2-3,5H2,1H3,(H,16,19)(H,15,17,18). The Morgan fingerprint density at radius 3 is 3.10 bits per heavy atom. The number of rotatable bonds is 5. The Kier molecular flexibility index (Phi) is 3.84. The Bertz CT molecular complexity index is 720. The third kappa shape index (κ3) is 2.76. The molecule has 0 spiro atoms. The molecule has 3 rings (SSSR count). The molecule has 20 heavy (non-hydrogen) atoms. The van der Waals surface area contributed by atoms with E-state index in [1.54, 1.807) is 11.3 Å². The van der Waals surface area contributed by atoms with Gasteiger partial charge >= 0.3 is 0 Å². The van der Waals surface area contributed by atoms with Crippen LogP contribution in [0.5, 0.6) is 0 Å². The number of thiophene rings is 1. The number of hydrogen-bond donors (Lipinski definition) is 2. The first-order chi connectivity index (χ1) is 9.74. The minimum absolute atomic E-state index is 0.285. The normalized spacial score (nSPS) is 11.1. The molecule has 5 nitrogen and oxygen atoms in total. The van der Waals surface area contributed by atoms with Crippen LogP contribution in [0, 0.1) is 6.92 Å². The zero-order valence-electron chi connectivity index (χ0n) is 11.0. The Labute approximate surface area is 125 Å². The lowest BCUT2D eigenvalue weighted by Crippen LogP contribution is -2.05. The fourth-order valence-corrected chi connectivity index (χ4v) is 3.06. The summed E-state index contributed by atoms with van der Waals surface area (Å²) >= 11 is 7.49. The molecule has 0 saturated carbocycles. The molecular weight excluding hydrogens is 294 g/mol. The van der Waals surface area contributed by atoms with Gasteiger partial charge in [-0.2, -0.15) is 5.10 Å². The summed E-state index contributed by atoms with van der Waals surface area (Å²) in [6, 6.07) is 2.01. The van der Waals surface area contributed by atoms with Crippen molar-refractivity contribution in [2.24, 2.45) is 0 Å². The van der Waals surface area contributed by atoms with E-state index in [9.17, 15) is 0 Å². The number of aryl methyl sites for hydroxylation is 2. The van der Waals surface area contributed by atoms with Crippen LogP contribution in [0.25, 0.3) is 10.2 Å². The second kappa shape index (κ2) is 5.76. The van der Waals surface area contributed by atoms with Crippen LogP contribution in [0.2, 0.25) is 5.28 Å². The van der Waals surface area contributed by atoms with Gasteiger partial charge in [0.25, 0.3) is 0 Å². The average molecular weight is 308 g/mol. The molecule has 0 radical (unpaired) electrons. The van der Waals surface area contributed by atoms with E-state index in [2.05, 4.69) is 25.5 Å². The van der Waals surface area contributed by atoms with Crippen molar-refractivity contribution in [3.05, 3.63) is 34.2 Å². The molecule has 7 heteroatoms. The lowest BCUT2D eigenvalue weighted by molar-refractivity contribution is 0.854. The molecule has 0 atom stereocenters. The van der Waals surface area contributed by atoms with E-state index in [0.717, 1.165) is 41.1 Å². The van der Waals surface area contributed by atoms with Crippen LogP contribution in [0.15, 0.2) is 17.6 Å². The van der Waals surface area contributed by atoms with Gasteiger partial charge in [-0.3, -0.25) is 5.10 Å². The molecule has 3 aromatic heterocycles. The summed E-state index contributed by atoms with van der Waals surface area (Å²) in [7, 11) is 0. The van der Waals surface area contributed by atoms with Gasteiger partial charge in [0.1, 0.15) is 10.6 Å². The summed E-state index contributed by atoms with van der Waals surface area (Å²) < 4.78 is 0. The first-order valence-electron chi connectivity index (χ1n) is 6.37.